The van der Waals surface area contributed by atoms with Crippen molar-refractivity contribution in [2.45, 2.75) is 24.8 Å². The largest absolute Gasteiger partial charge is 0.368 e. The molecule has 0 bridgehead atoms. The van der Waals surface area contributed by atoms with Gasteiger partial charge in [0.2, 0.25) is 5.95 Å². The molecule has 0 aliphatic heterocycles. The zero-order valence-electron chi connectivity index (χ0n) is 15.1. The summed E-state index contributed by atoms with van der Waals surface area (Å²) in [6, 6.07) is 5.73. The fraction of sp³-hybridized carbons (Fsp3) is 0.444. The fourth-order valence-corrected chi connectivity index (χ4v) is 2.82. The van der Waals surface area contributed by atoms with Crippen molar-refractivity contribution < 1.29 is 4.79 Å². The van der Waals surface area contributed by atoms with Crippen molar-refractivity contribution in [3.8, 4) is 0 Å². The molecule has 1 fully saturated rings. The van der Waals surface area contributed by atoms with Gasteiger partial charge >= 0.3 is 0 Å². The molecule has 1 aliphatic carbocycles. The molecule has 1 aliphatic rings. The number of nitrogens with two attached hydrogens (primary N) is 1. The highest BCUT2D eigenvalue weighted by Crippen LogP contribution is 2.35. The summed E-state index contributed by atoms with van der Waals surface area (Å²) in [4.78, 5) is 27.0. The number of hydrogen-bond donors (Lipinski definition) is 3. The number of nitrogens with one attached hydrogen (secondary N) is 2. The molecular formula is C18H25N7O. The van der Waals surface area contributed by atoms with Crippen LogP contribution in [0.15, 0.2) is 30.6 Å². The van der Waals surface area contributed by atoms with Crippen LogP contribution in [-0.4, -0.2) is 54.1 Å². The Bertz CT molecular complexity index is 744. The van der Waals surface area contributed by atoms with Crippen molar-refractivity contribution in [3.63, 3.8) is 0 Å². The number of rotatable bonds is 7. The number of carbonyl (C=O) groups excluding carboxylic acids is 1. The molecule has 26 heavy (non-hydrogen) atoms. The average Bonchev–Trinajstić information content (AvgIpc) is 2.63. The number of carbonyl (C=O) groups is 1. The number of anilines is 2. The standard InChI is InChI=1S/C18H25N7O/c1-25(2)18-23-15(13-8-14(19)9-13)10-16(24-18)21-6-7-22-17(26)12-4-3-5-20-11-12/h3-5,10-11,13-14H,6-9,19H2,1-2H3,(H,22,26)(H,21,23,24). The molecule has 2 heterocycles. The van der Waals surface area contributed by atoms with Crippen LogP contribution in [0.1, 0.15) is 34.8 Å². The molecule has 0 atom stereocenters. The number of pyridine rings is 1. The summed E-state index contributed by atoms with van der Waals surface area (Å²) >= 11 is 0. The first kappa shape index (κ1) is 18.1. The third-order valence-electron chi connectivity index (χ3n) is 4.37. The molecule has 2 aromatic rings. The molecule has 8 heteroatoms. The van der Waals surface area contributed by atoms with Crippen LogP contribution in [0.3, 0.4) is 0 Å². The first-order valence-corrected chi connectivity index (χ1v) is 8.77. The van der Waals surface area contributed by atoms with Gasteiger partial charge in [-0.1, -0.05) is 0 Å². The lowest BCUT2D eigenvalue weighted by Crippen LogP contribution is -2.35. The average molecular weight is 355 g/mol. The van der Waals surface area contributed by atoms with E-state index in [1.54, 1.807) is 24.5 Å². The van der Waals surface area contributed by atoms with Gasteiger partial charge in [-0.05, 0) is 25.0 Å². The molecule has 8 nitrogen and oxygen atoms in total. The zero-order chi connectivity index (χ0) is 18.5. The molecule has 138 valence electrons. The molecule has 0 saturated heterocycles. The van der Waals surface area contributed by atoms with Gasteiger partial charge < -0.3 is 21.3 Å². The lowest BCUT2D eigenvalue weighted by atomic mass is 9.78. The van der Waals surface area contributed by atoms with Crippen molar-refractivity contribution in [2.75, 3.05) is 37.4 Å². The summed E-state index contributed by atoms with van der Waals surface area (Å²) in [6.07, 6.45) is 5.11. The van der Waals surface area contributed by atoms with Crippen LogP contribution < -0.4 is 21.3 Å². The molecular weight excluding hydrogens is 330 g/mol. The number of nitrogens with zero attached hydrogens (tertiary/aromatic N) is 4. The second kappa shape index (κ2) is 8.09. The molecule has 0 radical (unpaired) electrons. The van der Waals surface area contributed by atoms with E-state index in [2.05, 4.69) is 25.6 Å². The molecule has 0 aromatic carbocycles. The topological polar surface area (TPSA) is 109 Å². The van der Waals surface area contributed by atoms with Crippen molar-refractivity contribution in [2.24, 2.45) is 5.73 Å². The minimum atomic E-state index is -0.138. The van der Waals surface area contributed by atoms with Crippen molar-refractivity contribution >= 4 is 17.7 Å². The van der Waals surface area contributed by atoms with E-state index >= 15 is 0 Å². The minimum Gasteiger partial charge on any atom is -0.368 e. The summed E-state index contributed by atoms with van der Waals surface area (Å²) in [6.45, 7) is 1.05. The van der Waals surface area contributed by atoms with E-state index in [-0.39, 0.29) is 11.9 Å². The maximum atomic E-state index is 12.0. The van der Waals surface area contributed by atoms with Gasteiger partial charge in [0.05, 0.1) is 11.3 Å². The minimum absolute atomic E-state index is 0.138. The monoisotopic (exact) mass is 355 g/mol. The van der Waals surface area contributed by atoms with Crippen molar-refractivity contribution in [1.29, 1.82) is 0 Å². The van der Waals surface area contributed by atoms with Crippen LogP contribution in [0.25, 0.3) is 0 Å². The number of aromatic nitrogens is 3. The Kier molecular flexibility index (Phi) is 5.62. The molecule has 4 N–H and O–H groups in total. The maximum absolute atomic E-state index is 12.0. The Morgan fingerprint density at radius 3 is 2.77 bits per heavy atom. The number of amides is 1. The Labute approximate surface area is 153 Å². The van der Waals surface area contributed by atoms with E-state index in [1.807, 2.05) is 25.1 Å². The predicted octanol–water partition coefficient (Wildman–Crippen LogP) is 0.984. The maximum Gasteiger partial charge on any atom is 0.252 e. The lowest BCUT2D eigenvalue weighted by Gasteiger charge is -2.32. The Hall–Kier alpha value is -2.74. The van der Waals surface area contributed by atoms with E-state index in [0.29, 0.717) is 30.5 Å². The number of hydrogen-bond acceptors (Lipinski definition) is 7. The van der Waals surface area contributed by atoms with Crippen molar-refractivity contribution in [1.82, 2.24) is 20.3 Å². The first-order chi connectivity index (χ1) is 12.5. The van der Waals surface area contributed by atoms with Gasteiger partial charge in [-0.25, -0.2) is 4.98 Å². The molecule has 3 rings (SSSR count). The van der Waals surface area contributed by atoms with Gasteiger partial charge in [0.1, 0.15) is 5.82 Å². The third-order valence-corrected chi connectivity index (χ3v) is 4.37. The van der Waals surface area contributed by atoms with Crippen LogP contribution in [-0.2, 0) is 0 Å². The van der Waals surface area contributed by atoms with Crippen molar-refractivity contribution in [3.05, 3.63) is 41.9 Å². The molecule has 0 spiro atoms. The Morgan fingerprint density at radius 2 is 2.12 bits per heavy atom. The van der Waals surface area contributed by atoms with E-state index in [4.69, 9.17) is 5.73 Å². The van der Waals surface area contributed by atoms with Crippen LogP contribution in [0.2, 0.25) is 0 Å². The highest BCUT2D eigenvalue weighted by molar-refractivity contribution is 5.93. The quantitative estimate of drug-likeness (QED) is 0.635. The second-order valence-corrected chi connectivity index (χ2v) is 6.73. The smallest absolute Gasteiger partial charge is 0.252 e. The van der Waals surface area contributed by atoms with Crippen LogP contribution >= 0.6 is 0 Å². The molecule has 1 amide bonds. The third kappa shape index (κ3) is 4.45. The predicted molar refractivity (Wildman–Crippen MR) is 101 cm³/mol. The van der Waals surface area contributed by atoms with E-state index in [1.165, 1.54) is 0 Å². The summed E-state index contributed by atoms with van der Waals surface area (Å²) < 4.78 is 0. The highest BCUT2D eigenvalue weighted by atomic mass is 16.1. The van der Waals surface area contributed by atoms with Crippen LogP contribution in [0.4, 0.5) is 11.8 Å². The van der Waals surface area contributed by atoms with Gasteiger partial charge in [-0.2, -0.15) is 4.98 Å². The van der Waals surface area contributed by atoms with E-state index < -0.39 is 0 Å². The molecule has 0 unspecified atom stereocenters. The zero-order valence-corrected chi connectivity index (χ0v) is 15.1. The fourth-order valence-electron chi connectivity index (χ4n) is 2.82. The molecule has 2 aromatic heterocycles. The van der Waals surface area contributed by atoms with Gasteiger partial charge in [0.15, 0.2) is 0 Å². The van der Waals surface area contributed by atoms with Crippen LogP contribution in [0.5, 0.6) is 0 Å². The summed E-state index contributed by atoms with van der Waals surface area (Å²) in [5.74, 6) is 1.69. The van der Waals surface area contributed by atoms with Gasteiger partial charge in [0.25, 0.3) is 5.91 Å². The highest BCUT2D eigenvalue weighted by Gasteiger charge is 2.29. The van der Waals surface area contributed by atoms with Gasteiger partial charge in [-0.15, -0.1) is 0 Å². The first-order valence-electron chi connectivity index (χ1n) is 8.77. The Balaban J connectivity index is 1.56. The summed E-state index contributed by atoms with van der Waals surface area (Å²) in [5, 5.41) is 6.12. The van der Waals surface area contributed by atoms with Gasteiger partial charge in [0, 0.05) is 57.6 Å². The van der Waals surface area contributed by atoms with E-state index in [0.717, 1.165) is 24.4 Å². The van der Waals surface area contributed by atoms with E-state index in [9.17, 15) is 4.79 Å². The lowest BCUT2D eigenvalue weighted by molar-refractivity contribution is 0.0955. The summed E-state index contributed by atoms with van der Waals surface area (Å²) in [7, 11) is 3.84. The van der Waals surface area contributed by atoms with Crippen LogP contribution in [0, 0.1) is 0 Å². The normalized spacial score (nSPS) is 18.7. The SMILES string of the molecule is CN(C)c1nc(NCCNC(=O)c2cccnc2)cc(C2CC(N)C2)n1. The second-order valence-electron chi connectivity index (χ2n) is 6.73. The summed E-state index contributed by atoms with van der Waals surface area (Å²) in [5.41, 5.74) is 7.47. The molecule has 1 saturated carbocycles. The Morgan fingerprint density at radius 1 is 1.31 bits per heavy atom. The van der Waals surface area contributed by atoms with Gasteiger partial charge in [-0.3, -0.25) is 9.78 Å².